The molecule has 0 fully saturated rings. The van der Waals surface area contributed by atoms with Gasteiger partial charge in [0, 0.05) is 11.6 Å². The van der Waals surface area contributed by atoms with Gasteiger partial charge in [-0.2, -0.15) is 0 Å². The SMILES string of the molecule is C#CC(CC)Nc1nccc2cc(OC)ccc12. The Bertz CT molecular complexity index is 587. The number of hydrogen-bond acceptors (Lipinski definition) is 3. The molecule has 1 atom stereocenters. The molecule has 0 aliphatic carbocycles. The smallest absolute Gasteiger partial charge is 0.134 e. The molecule has 1 aromatic carbocycles. The van der Waals surface area contributed by atoms with E-state index in [-0.39, 0.29) is 6.04 Å². The molecule has 0 aliphatic rings. The minimum atomic E-state index is 0.00482. The largest absolute Gasteiger partial charge is 0.497 e. The van der Waals surface area contributed by atoms with Gasteiger partial charge in [-0.05, 0) is 36.1 Å². The van der Waals surface area contributed by atoms with Crippen LogP contribution in [-0.2, 0) is 0 Å². The summed E-state index contributed by atoms with van der Waals surface area (Å²) < 4.78 is 5.21. The lowest BCUT2D eigenvalue weighted by Gasteiger charge is -2.13. The van der Waals surface area contributed by atoms with Gasteiger partial charge in [-0.15, -0.1) is 6.42 Å². The fourth-order valence-electron chi connectivity index (χ4n) is 1.82. The molecule has 1 aromatic heterocycles. The molecule has 0 saturated heterocycles. The molecule has 1 heterocycles. The van der Waals surface area contributed by atoms with E-state index in [9.17, 15) is 0 Å². The van der Waals surface area contributed by atoms with E-state index in [1.165, 1.54) is 0 Å². The third-order valence-electron chi connectivity index (χ3n) is 2.89. The minimum Gasteiger partial charge on any atom is -0.497 e. The number of pyridine rings is 1. The molecule has 0 saturated carbocycles. The molecule has 18 heavy (non-hydrogen) atoms. The van der Waals surface area contributed by atoms with Gasteiger partial charge >= 0.3 is 0 Å². The van der Waals surface area contributed by atoms with Gasteiger partial charge < -0.3 is 10.1 Å². The second-order valence-corrected chi connectivity index (χ2v) is 4.02. The fourth-order valence-corrected chi connectivity index (χ4v) is 1.82. The molecule has 0 aliphatic heterocycles. The quantitative estimate of drug-likeness (QED) is 0.834. The summed E-state index contributed by atoms with van der Waals surface area (Å²) in [7, 11) is 1.66. The van der Waals surface area contributed by atoms with Gasteiger partial charge in [0.2, 0.25) is 0 Å². The summed E-state index contributed by atoms with van der Waals surface area (Å²) in [5.41, 5.74) is 0. The van der Waals surface area contributed by atoms with Crippen LogP contribution in [0.4, 0.5) is 5.82 Å². The maximum atomic E-state index is 5.46. The van der Waals surface area contributed by atoms with Crippen molar-refractivity contribution < 1.29 is 4.74 Å². The van der Waals surface area contributed by atoms with Crippen molar-refractivity contribution in [3.8, 4) is 18.1 Å². The minimum absolute atomic E-state index is 0.00482. The fraction of sp³-hybridized carbons (Fsp3) is 0.267. The van der Waals surface area contributed by atoms with Crippen molar-refractivity contribution in [3.05, 3.63) is 30.5 Å². The molecular weight excluding hydrogens is 224 g/mol. The van der Waals surface area contributed by atoms with E-state index in [1.807, 2.05) is 31.2 Å². The van der Waals surface area contributed by atoms with Crippen LogP contribution >= 0.6 is 0 Å². The first-order valence-electron chi connectivity index (χ1n) is 5.94. The maximum Gasteiger partial charge on any atom is 0.134 e. The first-order valence-corrected chi connectivity index (χ1v) is 5.94. The number of terminal acetylenes is 1. The molecule has 1 N–H and O–H groups in total. The first-order chi connectivity index (χ1) is 8.78. The molecule has 2 aromatic rings. The van der Waals surface area contributed by atoms with E-state index in [0.717, 1.165) is 28.8 Å². The Labute approximate surface area is 107 Å². The van der Waals surface area contributed by atoms with Crippen molar-refractivity contribution in [2.45, 2.75) is 19.4 Å². The van der Waals surface area contributed by atoms with Crippen LogP contribution in [0.1, 0.15) is 13.3 Å². The van der Waals surface area contributed by atoms with Crippen LogP contribution in [0, 0.1) is 12.3 Å². The van der Waals surface area contributed by atoms with E-state index < -0.39 is 0 Å². The summed E-state index contributed by atoms with van der Waals surface area (Å²) in [6, 6.07) is 7.86. The molecule has 2 rings (SSSR count). The molecule has 1 unspecified atom stereocenters. The van der Waals surface area contributed by atoms with Crippen molar-refractivity contribution in [1.82, 2.24) is 4.98 Å². The number of ether oxygens (including phenoxy) is 1. The van der Waals surface area contributed by atoms with Crippen molar-refractivity contribution in [1.29, 1.82) is 0 Å². The topological polar surface area (TPSA) is 34.2 Å². The summed E-state index contributed by atoms with van der Waals surface area (Å²) >= 11 is 0. The number of hydrogen-bond donors (Lipinski definition) is 1. The predicted molar refractivity (Wildman–Crippen MR) is 74.8 cm³/mol. The lowest BCUT2D eigenvalue weighted by atomic mass is 10.1. The normalized spacial score (nSPS) is 11.8. The molecule has 0 amide bonds. The average molecular weight is 240 g/mol. The van der Waals surface area contributed by atoms with Gasteiger partial charge in [-0.25, -0.2) is 4.98 Å². The third kappa shape index (κ3) is 2.38. The molecule has 3 nitrogen and oxygen atoms in total. The van der Waals surface area contributed by atoms with E-state index in [2.05, 4.69) is 16.2 Å². The highest BCUT2D eigenvalue weighted by molar-refractivity contribution is 5.92. The van der Waals surface area contributed by atoms with Gasteiger partial charge in [0.05, 0.1) is 13.2 Å². The van der Waals surface area contributed by atoms with Crippen LogP contribution in [-0.4, -0.2) is 18.1 Å². The molecule has 0 spiro atoms. The highest BCUT2D eigenvalue weighted by Gasteiger charge is 2.07. The lowest BCUT2D eigenvalue weighted by Crippen LogP contribution is -2.16. The molecule has 0 radical (unpaired) electrons. The molecule has 0 bridgehead atoms. The lowest BCUT2D eigenvalue weighted by molar-refractivity contribution is 0.415. The van der Waals surface area contributed by atoms with Crippen LogP contribution < -0.4 is 10.1 Å². The highest BCUT2D eigenvalue weighted by Crippen LogP contribution is 2.25. The number of fused-ring (bicyclic) bond motifs is 1. The van der Waals surface area contributed by atoms with Gasteiger partial charge in [0.1, 0.15) is 11.6 Å². The van der Waals surface area contributed by atoms with Crippen molar-refractivity contribution in [2.24, 2.45) is 0 Å². The Balaban J connectivity index is 2.43. The van der Waals surface area contributed by atoms with E-state index in [4.69, 9.17) is 11.2 Å². The van der Waals surface area contributed by atoms with Crippen LogP contribution in [0.3, 0.4) is 0 Å². The monoisotopic (exact) mass is 240 g/mol. The number of benzene rings is 1. The first kappa shape index (κ1) is 12.3. The predicted octanol–water partition coefficient (Wildman–Crippen LogP) is 3.07. The zero-order valence-electron chi connectivity index (χ0n) is 10.6. The van der Waals surface area contributed by atoms with Gasteiger partial charge in [-0.3, -0.25) is 0 Å². The summed E-state index contributed by atoms with van der Waals surface area (Å²) in [4.78, 5) is 4.35. The average Bonchev–Trinajstić information content (AvgIpc) is 2.44. The maximum absolute atomic E-state index is 5.46. The molecule has 92 valence electrons. The number of nitrogens with one attached hydrogen (secondary N) is 1. The van der Waals surface area contributed by atoms with Crippen LogP contribution in [0.15, 0.2) is 30.5 Å². The zero-order chi connectivity index (χ0) is 13.0. The summed E-state index contributed by atoms with van der Waals surface area (Å²) in [6.07, 6.45) is 8.10. The van der Waals surface area contributed by atoms with Crippen LogP contribution in [0.2, 0.25) is 0 Å². The van der Waals surface area contributed by atoms with Gasteiger partial charge in [0.25, 0.3) is 0 Å². The molecular formula is C15H16N2O. The summed E-state index contributed by atoms with van der Waals surface area (Å²) in [5.74, 6) is 4.37. The van der Waals surface area contributed by atoms with Crippen LogP contribution in [0.5, 0.6) is 5.75 Å². The second kappa shape index (κ2) is 5.42. The third-order valence-corrected chi connectivity index (χ3v) is 2.89. The highest BCUT2D eigenvalue weighted by atomic mass is 16.5. The number of methoxy groups -OCH3 is 1. The summed E-state index contributed by atoms with van der Waals surface area (Å²) in [6.45, 7) is 2.05. The Hall–Kier alpha value is -2.21. The van der Waals surface area contributed by atoms with Crippen molar-refractivity contribution in [2.75, 3.05) is 12.4 Å². The Morgan fingerprint density at radius 3 is 2.94 bits per heavy atom. The standard InChI is InChI=1S/C15H16N2O/c1-4-12(5-2)17-15-14-7-6-13(18-3)10-11(14)8-9-16-15/h1,6-10,12H,5H2,2-3H3,(H,16,17). The Morgan fingerprint density at radius 1 is 1.44 bits per heavy atom. The number of nitrogens with zero attached hydrogens (tertiary/aromatic N) is 1. The Morgan fingerprint density at radius 2 is 2.28 bits per heavy atom. The number of aromatic nitrogens is 1. The van der Waals surface area contributed by atoms with Crippen molar-refractivity contribution in [3.63, 3.8) is 0 Å². The van der Waals surface area contributed by atoms with Crippen molar-refractivity contribution >= 4 is 16.6 Å². The van der Waals surface area contributed by atoms with E-state index in [0.29, 0.717) is 0 Å². The zero-order valence-corrected chi connectivity index (χ0v) is 10.6. The van der Waals surface area contributed by atoms with E-state index in [1.54, 1.807) is 13.3 Å². The number of rotatable bonds is 4. The number of anilines is 1. The van der Waals surface area contributed by atoms with Crippen LogP contribution in [0.25, 0.3) is 10.8 Å². The van der Waals surface area contributed by atoms with E-state index >= 15 is 0 Å². The second-order valence-electron chi connectivity index (χ2n) is 4.02. The van der Waals surface area contributed by atoms with Gasteiger partial charge in [0.15, 0.2) is 0 Å². The Kier molecular flexibility index (Phi) is 3.69. The summed E-state index contributed by atoms with van der Waals surface area (Å²) in [5, 5.41) is 5.40. The molecule has 3 heteroatoms. The van der Waals surface area contributed by atoms with Gasteiger partial charge in [-0.1, -0.05) is 12.8 Å².